The average molecular weight is 194 g/mol. The van der Waals surface area contributed by atoms with Crippen molar-refractivity contribution < 1.29 is 15.0 Å². The van der Waals surface area contributed by atoms with Crippen molar-refractivity contribution in [3.63, 3.8) is 0 Å². The number of aliphatic carboxylic acids is 1. The van der Waals surface area contributed by atoms with Crippen molar-refractivity contribution >= 4 is 5.97 Å². The van der Waals surface area contributed by atoms with Gasteiger partial charge in [0.2, 0.25) is 0 Å². The highest BCUT2D eigenvalue weighted by Gasteiger charge is 2.20. The summed E-state index contributed by atoms with van der Waals surface area (Å²) in [4.78, 5) is 10.9. The number of aryl methyl sites for hydroxylation is 1. The number of phenols is 1. The third-order valence-corrected chi connectivity index (χ3v) is 2.27. The van der Waals surface area contributed by atoms with Gasteiger partial charge in [0.25, 0.3) is 0 Å². The smallest absolute Gasteiger partial charge is 0.311 e. The first-order chi connectivity index (χ1) is 6.56. The summed E-state index contributed by atoms with van der Waals surface area (Å²) in [6, 6.07) is 5.06. The second-order valence-corrected chi connectivity index (χ2v) is 3.36. The number of rotatable bonds is 3. The van der Waals surface area contributed by atoms with Crippen molar-refractivity contribution in [2.75, 3.05) is 0 Å². The Balaban J connectivity index is 3.10. The minimum Gasteiger partial charge on any atom is -0.508 e. The van der Waals surface area contributed by atoms with Gasteiger partial charge in [-0.2, -0.15) is 0 Å². The highest BCUT2D eigenvalue weighted by atomic mass is 16.4. The quantitative estimate of drug-likeness (QED) is 0.776. The number of phenolic OH excluding ortho intramolecular Hbond substituents is 1. The van der Waals surface area contributed by atoms with E-state index in [2.05, 4.69) is 0 Å². The molecular weight excluding hydrogens is 180 g/mol. The molecule has 0 heterocycles. The van der Waals surface area contributed by atoms with Gasteiger partial charge in [-0.05, 0) is 25.0 Å². The van der Waals surface area contributed by atoms with Crippen LogP contribution in [0.2, 0.25) is 0 Å². The molecule has 1 unspecified atom stereocenters. The van der Waals surface area contributed by atoms with Crippen LogP contribution in [0.4, 0.5) is 0 Å². The number of carboxylic acid groups (broad SMARTS) is 1. The summed E-state index contributed by atoms with van der Waals surface area (Å²) in [5, 5.41) is 18.5. The second kappa shape index (κ2) is 4.13. The molecule has 0 radical (unpaired) electrons. The van der Waals surface area contributed by atoms with Crippen molar-refractivity contribution in [3.8, 4) is 5.75 Å². The van der Waals surface area contributed by atoms with Crippen molar-refractivity contribution in [1.29, 1.82) is 0 Å². The molecule has 0 saturated heterocycles. The standard InChI is InChI=1S/C11H14O3/c1-3-8(11(13)14)9-5-4-7(2)6-10(9)12/h4-6,8,12H,3H2,1-2H3,(H,13,14). The number of carboxylic acids is 1. The zero-order valence-electron chi connectivity index (χ0n) is 8.32. The molecule has 1 atom stereocenters. The second-order valence-electron chi connectivity index (χ2n) is 3.36. The van der Waals surface area contributed by atoms with Gasteiger partial charge in [0, 0.05) is 5.56 Å². The molecule has 0 aliphatic rings. The van der Waals surface area contributed by atoms with Crippen LogP contribution in [0.25, 0.3) is 0 Å². The topological polar surface area (TPSA) is 57.5 Å². The van der Waals surface area contributed by atoms with E-state index in [1.54, 1.807) is 25.1 Å². The molecule has 1 rings (SSSR count). The number of hydrogen-bond donors (Lipinski definition) is 2. The molecule has 0 fully saturated rings. The number of aromatic hydroxyl groups is 1. The van der Waals surface area contributed by atoms with E-state index in [9.17, 15) is 9.90 Å². The van der Waals surface area contributed by atoms with E-state index >= 15 is 0 Å². The van der Waals surface area contributed by atoms with Crippen LogP contribution in [0.5, 0.6) is 5.75 Å². The highest BCUT2D eigenvalue weighted by molar-refractivity contribution is 5.77. The minimum absolute atomic E-state index is 0.0688. The van der Waals surface area contributed by atoms with E-state index < -0.39 is 11.9 Å². The summed E-state index contributed by atoms with van der Waals surface area (Å²) >= 11 is 0. The van der Waals surface area contributed by atoms with Crippen molar-refractivity contribution in [3.05, 3.63) is 29.3 Å². The third-order valence-electron chi connectivity index (χ3n) is 2.27. The molecule has 0 bridgehead atoms. The van der Waals surface area contributed by atoms with Crippen LogP contribution in [0.1, 0.15) is 30.4 Å². The number of benzene rings is 1. The van der Waals surface area contributed by atoms with Gasteiger partial charge in [0.15, 0.2) is 0 Å². The summed E-state index contributed by atoms with van der Waals surface area (Å²) < 4.78 is 0. The average Bonchev–Trinajstić information content (AvgIpc) is 2.09. The lowest BCUT2D eigenvalue weighted by Crippen LogP contribution is -2.10. The van der Waals surface area contributed by atoms with Crippen LogP contribution in [0.3, 0.4) is 0 Å². The molecule has 0 aliphatic carbocycles. The molecule has 0 spiro atoms. The number of hydrogen-bond acceptors (Lipinski definition) is 2. The summed E-state index contributed by atoms with van der Waals surface area (Å²) in [5.74, 6) is -1.44. The van der Waals surface area contributed by atoms with Gasteiger partial charge in [0.05, 0.1) is 5.92 Å². The molecule has 14 heavy (non-hydrogen) atoms. The van der Waals surface area contributed by atoms with Gasteiger partial charge in [-0.3, -0.25) is 4.79 Å². The Morgan fingerprint density at radius 3 is 2.57 bits per heavy atom. The molecule has 0 aliphatic heterocycles. The molecule has 3 nitrogen and oxygen atoms in total. The lowest BCUT2D eigenvalue weighted by Gasteiger charge is -2.12. The molecule has 0 saturated carbocycles. The molecule has 1 aromatic rings. The summed E-state index contributed by atoms with van der Waals surface area (Å²) in [5.41, 5.74) is 1.41. The Morgan fingerprint density at radius 1 is 1.50 bits per heavy atom. The Morgan fingerprint density at radius 2 is 2.14 bits per heavy atom. The van der Waals surface area contributed by atoms with Crippen molar-refractivity contribution in [2.45, 2.75) is 26.2 Å². The predicted molar refractivity (Wildman–Crippen MR) is 53.5 cm³/mol. The lowest BCUT2D eigenvalue weighted by atomic mass is 9.95. The van der Waals surface area contributed by atoms with Crippen molar-refractivity contribution in [2.24, 2.45) is 0 Å². The maximum atomic E-state index is 10.9. The first-order valence-electron chi connectivity index (χ1n) is 4.58. The van der Waals surface area contributed by atoms with E-state index in [0.717, 1.165) is 5.56 Å². The van der Waals surface area contributed by atoms with Gasteiger partial charge in [-0.15, -0.1) is 0 Å². The van der Waals surface area contributed by atoms with Crippen LogP contribution in [-0.2, 0) is 4.79 Å². The summed E-state index contributed by atoms with van der Waals surface area (Å²) in [6.07, 6.45) is 0.478. The van der Waals surface area contributed by atoms with Gasteiger partial charge >= 0.3 is 5.97 Å². The fourth-order valence-corrected chi connectivity index (χ4v) is 1.48. The zero-order chi connectivity index (χ0) is 10.7. The van der Waals surface area contributed by atoms with Gasteiger partial charge in [-0.25, -0.2) is 0 Å². The van der Waals surface area contributed by atoms with Gasteiger partial charge in [0.1, 0.15) is 5.75 Å². The fourth-order valence-electron chi connectivity index (χ4n) is 1.48. The van der Waals surface area contributed by atoms with E-state index in [-0.39, 0.29) is 5.75 Å². The SMILES string of the molecule is CCC(C(=O)O)c1ccc(C)cc1O. The van der Waals surface area contributed by atoms with Crippen LogP contribution < -0.4 is 0 Å². The first-order valence-corrected chi connectivity index (χ1v) is 4.58. The van der Waals surface area contributed by atoms with Crippen LogP contribution in [-0.4, -0.2) is 16.2 Å². The third kappa shape index (κ3) is 2.05. The molecule has 0 aromatic heterocycles. The molecule has 0 amide bonds. The first kappa shape index (κ1) is 10.6. The molecular formula is C11H14O3. The monoisotopic (exact) mass is 194 g/mol. The van der Waals surface area contributed by atoms with E-state index in [1.807, 2.05) is 6.92 Å². The van der Waals surface area contributed by atoms with Crippen LogP contribution in [0, 0.1) is 6.92 Å². The van der Waals surface area contributed by atoms with E-state index in [1.165, 1.54) is 0 Å². The summed E-state index contributed by atoms with van der Waals surface area (Å²) in [6.45, 7) is 3.64. The zero-order valence-corrected chi connectivity index (χ0v) is 8.32. The normalized spacial score (nSPS) is 12.4. The van der Waals surface area contributed by atoms with E-state index in [4.69, 9.17) is 5.11 Å². The number of carbonyl (C=O) groups is 1. The largest absolute Gasteiger partial charge is 0.508 e. The maximum absolute atomic E-state index is 10.9. The Labute approximate surface area is 83.0 Å². The fraction of sp³-hybridized carbons (Fsp3) is 0.364. The predicted octanol–water partition coefficient (Wildman–Crippen LogP) is 2.28. The molecule has 76 valence electrons. The van der Waals surface area contributed by atoms with Gasteiger partial charge < -0.3 is 10.2 Å². The van der Waals surface area contributed by atoms with Crippen LogP contribution >= 0.6 is 0 Å². The molecule has 1 aromatic carbocycles. The van der Waals surface area contributed by atoms with Gasteiger partial charge in [-0.1, -0.05) is 19.1 Å². The Hall–Kier alpha value is -1.51. The highest BCUT2D eigenvalue weighted by Crippen LogP contribution is 2.28. The Bertz CT molecular complexity index is 344. The Kier molecular flexibility index (Phi) is 3.12. The molecule has 3 heteroatoms. The maximum Gasteiger partial charge on any atom is 0.311 e. The van der Waals surface area contributed by atoms with Crippen LogP contribution in [0.15, 0.2) is 18.2 Å². The minimum atomic E-state index is -0.897. The lowest BCUT2D eigenvalue weighted by molar-refractivity contribution is -0.138. The molecule has 2 N–H and O–H groups in total. The van der Waals surface area contributed by atoms with Crippen molar-refractivity contribution in [1.82, 2.24) is 0 Å². The van der Waals surface area contributed by atoms with E-state index in [0.29, 0.717) is 12.0 Å². The summed E-state index contributed by atoms with van der Waals surface area (Å²) in [7, 11) is 0.